The molecule has 0 aliphatic carbocycles. The predicted octanol–water partition coefficient (Wildman–Crippen LogP) is 4.22. The fourth-order valence-corrected chi connectivity index (χ4v) is 1.87. The predicted molar refractivity (Wildman–Crippen MR) is 73.0 cm³/mol. The highest BCUT2D eigenvalue weighted by molar-refractivity contribution is 9.10. The fourth-order valence-electron chi connectivity index (χ4n) is 1.49. The number of halogens is 2. The first-order valence-corrected chi connectivity index (χ1v) is 5.94. The van der Waals surface area contributed by atoms with Gasteiger partial charge in [-0.1, -0.05) is 0 Å². The highest BCUT2D eigenvalue weighted by atomic mass is 79.9. The number of aryl methyl sites for hydroxylation is 1. The molecule has 0 unspecified atom stereocenters. The third kappa shape index (κ3) is 2.77. The summed E-state index contributed by atoms with van der Waals surface area (Å²) in [5.41, 5.74) is 9.26. The van der Waals surface area contributed by atoms with Crippen LogP contribution in [0.3, 0.4) is 0 Å². The average molecular weight is 295 g/mol. The summed E-state index contributed by atoms with van der Waals surface area (Å²) >= 11 is 3.15. The van der Waals surface area contributed by atoms with Gasteiger partial charge in [0.2, 0.25) is 0 Å². The van der Waals surface area contributed by atoms with Gasteiger partial charge in [0.25, 0.3) is 0 Å². The molecule has 0 aliphatic heterocycles. The largest absolute Gasteiger partial charge is 0.399 e. The monoisotopic (exact) mass is 294 g/mol. The van der Waals surface area contributed by atoms with Crippen LogP contribution in [0.1, 0.15) is 5.56 Å². The lowest BCUT2D eigenvalue weighted by Gasteiger charge is -2.09. The van der Waals surface area contributed by atoms with Crippen molar-refractivity contribution in [2.45, 2.75) is 6.92 Å². The van der Waals surface area contributed by atoms with E-state index in [0.29, 0.717) is 4.47 Å². The van der Waals surface area contributed by atoms with E-state index in [0.717, 1.165) is 22.6 Å². The Balaban J connectivity index is 2.25. The van der Waals surface area contributed by atoms with Crippen molar-refractivity contribution in [3.63, 3.8) is 0 Å². The Morgan fingerprint density at radius 2 is 1.76 bits per heavy atom. The molecule has 3 N–H and O–H groups in total. The minimum Gasteiger partial charge on any atom is -0.399 e. The zero-order valence-electron chi connectivity index (χ0n) is 9.30. The number of rotatable bonds is 2. The summed E-state index contributed by atoms with van der Waals surface area (Å²) in [5.74, 6) is -0.274. The van der Waals surface area contributed by atoms with Gasteiger partial charge in [0.15, 0.2) is 0 Å². The van der Waals surface area contributed by atoms with Gasteiger partial charge in [-0.3, -0.25) is 0 Å². The Kier molecular flexibility index (Phi) is 3.33. The van der Waals surface area contributed by atoms with E-state index in [1.165, 1.54) is 6.07 Å². The van der Waals surface area contributed by atoms with Gasteiger partial charge in [-0.2, -0.15) is 0 Å². The lowest BCUT2D eigenvalue weighted by molar-refractivity contribution is 0.621. The van der Waals surface area contributed by atoms with Crippen molar-refractivity contribution in [2.75, 3.05) is 11.1 Å². The molecule has 0 saturated carbocycles. The molecule has 88 valence electrons. The third-order valence-electron chi connectivity index (χ3n) is 2.48. The smallest absolute Gasteiger partial charge is 0.137 e. The SMILES string of the molecule is Cc1cc(Nc2ccc(F)c(Br)c2)ccc1N. The standard InChI is InChI=1S/C13H12BrFN2/c1-8-6-9(3-5-13(8)16)17-10-2-4-12(15)11(14)7-10/h2-7,17H,16H2,1H3. The van der Waals surface area contributed by atoms with Gasteiger partial charge < -0.3 is 11.1 Å². The van der Waals surface area contributed by atoms with Crippen molar-refractivity contribution >= 4 is 33.0 Å². The van der Waals surface area contributed by atoms with Crippen LogP contribution in [0.25, 0.3) is 0 Å². The third-order valence-corrected chi connectivity index (χ3v) is 3.09. The molecule has 2 aromatic rings. The number of benzene rings is 2. The lowest BCUT2D eigenvalue weighted by Crippen LogP contribution is -1.94. The first-order valence-electron chi connectivity index (χ1n) is 5.14. The Morgan fingerprint density at radius 1 is 1.12 bits per heavy atom. The summed E-state index contributed by atoms with van der Waals surface area (Å²) in [4.78, 5) is 0. The van der Waals surface area contributed by atoms with Crippen molar-refractivity contribution in [2.24, 2.45) is 0 Å². The first kappa shape index (κ1) is 11.9. The van der Waals surface area contributed by atoms with Crippen LogP contribution in [-0.2, 0) is 0 Å². The number of hydrogen-bond donors (Lipinski definition) is 2. The molecule has 0 saturated heterocycles. The van der Waals surface area contributed by atoms with Crippen LogP contribution < -0.4 is 11.1 Å². The van der Waals surface area contributed by atoms with E-state index in [1.807, 2.05) is 25.1 Å². The molecule has 0 heterocycles. The fraction of sp³-hybridized carbons (Fsp3) is 0.0769. The lowest BCUT2D eigenvalue weighted by atomic mass is 10.2. The van der Waals surface area contributed by atoms with Crippen LogP contribution in [0.15, 0.2) is 40.9 Å². The number of anilines is 3. The molecule has 0 bridgehead atoms. The van der Waals surface area contributed by atoms with Gasteiger partial charge in [-0.05, 0) is 64.8 Å². The number of nitrogens with two attached hydrogens (primary N) is 1. The molecular weight excluding hydrogens is 283 g/mol. The van der Waals surface area contributed by atoms with E-state index >= 15 is 0 Å². The average Bonchev–Trinajstić information content (AvgIpc) is 2.29. The first-order chi connectivity index (χ1) is 8.06. The highest BCUT2D eigenvalue weighted by Crippen LogP contribution is 2.24. The van der Waals surface area contributed by atoms with Crippen LogP contribution in [-0.4, -0.2) is 0 Å². The Morgan fingerprint density at radius 3 is 2.41 bits per heavy atom. The summed E-state index contributed by atoms with van der Waals surface area (Å²) in [5, 5.41) is 3.19. The van der Waals surface area contributed by atoms with Gasteiger partial charge in [0, 0.05) is 17.1 Å². The van der Waals surface area contributed by atoms with Gasteiger partial charge in [0.1, 0.15) is 5.82 Å². The quantitative estimate of drug-likeness (QED) is 0.814. The van der Waals surface area contributed by atoms with E-state index in [1.54, 1.807) is 12.1 Å². The minimum atomic E-state index is -0.274. The molecular formula is C13H12BrFN2. The maximum atomic E-state index is 13.1. The van der Waals surface area contributed by atoms with Gasteiger partial charge in [-0.15, -0.1) is 0 Å². The van der Waals surface area contributed by atoms with E-state index in [9.17, 15) is 4.39 Å². The molecule has 0 aliphatic rings. The van der Waals surface area contributed by atoms with Crippen molar-refractivity contribution in [1.82, 2.24) is 0 Å². The second-order valence-electron chi connectivity index (χ2n) is 3.83. The maximum absolute atomic E-state index is 13.1. The Labute approximate surface area is 108 Å². The molecule has 0 amide bonds. The van der Waals surface area contributed by atoms with Crippen LogP contribution in [0.4, 0.5) is 21.5 Å². The molecule has 2 rings (SSSR count). The summed E-state index contributed by atoms with van der Waals surface area (Å²) in [7, 11) is 0. The Hall–Kier alpha value is -1.55. The highest BCUT2D eigenvalue weighted by Gasteiger charge is 2.01. The molecule has 2 nitrogen and oxygen atoms in total. The summed E-state index contributed by atoms with van der Waals surface area (Å²) in [6, 6.07) is 10.5. The summed E-state index contributed by atoms with van der Waals surface area (Å²) < 4.78 is 13.5. The maximum Gasteiger partial charge on any atom is 0.137 e. The van der Waals surface area contributed by atoms with Crippen molar-refractivity contribution in [1.29, 1.82) is 0 Å². The van der Waals surface area contributed by atoms with Crippen LogP contribution >= 0.6 is 15.9 Å². The summed E-state index contributed by atoms with van der Waals surface area (Å²) in [6.45, 7) is 1.95. The van der Waals surface area contributed by atoms with Crippen molar-refractivity contribution in [3.8, 4) is 0 Å². The van der Waals surface area contributed by atoms with E-state index in [4.69, 9.17) is 5.73 Å². The number of nitrogens with one attached hydrogen (secondary N) is 1. The van der Waals surface area contributed by atoms with Gasteiger partial charge >= 0.3 is 0 Å². The van der Waals surface area contributed by atoms with Gasteiger partial charge in [0.05, 0.1) is 4.47 Å². The molecule has 0 radical (unpaired) electrons. The zero-order chi connectivity index (χ0) is 12.4. The summed E-state index contributed by atoms with van der Waals surface area (Å²) in [6.07, 6.45) is 0. The Bertz CT molecular complexity index is 506. The minimum absolute atomic E-state index is 0.274. The molecule has 17 heavy (non-hydrogen) atoms. The zero-order valence-corrected chi connectivity index (χ0v) is 10.9. The number of nitrogen functional groups attached to an aromatic ring is 1. The normalized spacial score (nSPS) is 10.3. The molecule has 0 spiro atoms. The number of hydrogen-bond acceptors (Lipinski definition) is 2. The second kappa shape index (κ2) is 4.75. The molecule has 4 heteroatoms. The van der Waals surface area contributed by atoms with E-state index in [-0.39, 0.29) is 5.82 Å². The molecule has 0 atom stereocenters. The molecule has 0 aromatic heterocycles. The van der Waals surface area contributed by atoms with Crippen molar-refractivity contribution < 1.29 is 4.39 Å². The van der Waals surface area contributed by atoms with Gasteiger partial charge in [-0.25, -0.2) is 4.39 Å². The second-order valence-corrected chi connectivity index (χ2v) is 4.68. The van der Waals surface area contributed by atoms with E-state index in [2.05, 4.69) is 21.2 Å². The topological polar surface area (TPSA) is 38.0 Å². The molecule has 2 aromatic carbocycles. The van der Waals surface area contributed by atoms with Crippen LogP contribution in [0, 0.1) is 12.7 Å². The molecule has 0 fully saturated rings. The van der Waals surface area contributed by atoms with E-state index < -0.39 is 0 Å². The van der Waals surface area contributed by atoms with Crippen molar-refractivity contribution in [3.05, 3.63) is 52.3 Å². The van der Waals surface area contributed by atoms with Crippen LogP contribution in [0.2, 0.25) is 0 Å². The van der Waals surface area contributed by atoms with Crippen LogP contribution in [0.5, 0.6) is 0 Å².